The summed E-state index contributed by atoms with van der Waals surface area (Å²) in [5.41, 5.74) is 1.18. The predicted octanol–water partition coefficient (Wildman–Crippen LogP) is 3.12. The molecule has 2 saturated carbocycles. The minimum Gasteiger partial charge on any atom is -0.312 e. The van der Waals surface area contributed by atoms with Crippen LogP contribution in [0.15, 0.2) is 24.3 Å². The molecule has 4 heteroatoms. The predicted molar refractivity (Wildman–Crippen MR) is 73.7 cm³/mol. The van der Waals surface area contributed by atoms with Crippen LogP contribution in [-0.4, -0.2) is 11.5 Å². The lowest BCUT2D eigenvalue weighted by molar-refractivity contribution is -0.384. The van der Waals surface area contributed by atoms with Gasteiger partial charge in [0.05, 0.1) is 4.92 Å². The van der Waals surface area contributed by atoms with Gasteiger partial charge in [-0.1, -0.05) is 18.6 Å². The molecule has 19 heavy (non-hydrogen) atoms. The number of nitro groups is 1. The van der Waals surface area contributed by atoms with Crippen LogP contribution >= 0.6 is 0 Å². The lowest BCUT2D eigenvalue weighted by Crippen LogP contribution is -2.26. The molecule has 3 rings (SSSR count). The molecule has 0 heterocycles. The van der Waals surface area contributed by atoms with Crippen LogP contribution in [0.2, 0.25) is 0 Å². The van der Waals surface area contributed by atoms with Crippen molar-refractivity contribution in [1.82, 2.24) is 5.32 Å². The van der Waals surface area contributed by atoms with E-state index in [-0.39, 0.29) is 10.6 Å². The van der Waals surface area contributed by atoms with Crippen LogP contribution in [0, 0.1) is 27.9 Å². The number of fused-ring (bicyclic) bond motifs is 2. The zero-order valence-corrected chi connectivity index (χ0v) is 11.0. The van der Waals surface area contributed by atoms with Crippen LogP contribution < -0.4 is 5.32 Å². The van der Waals surface area contributed by atoms with Gasteiger partial charge in [0.25, 0.3) is 5.69 Å². The number of nitrogens with zero attached hydrogens (tertiary/aromatic N) is 1. The fraction of sp³-hybridized carbons (Fsp3) is 0.600. The topological polar surface area (TPSA) is 55.2 Å². The summed E-state index contributed by atoms with van der Waals surface area (Å²) < 4.78 is 0. The van der Waals surface area contributed by atoms with E-state index < -0.39 is 0 Å². The lowest BCUT2D eigenvalue weighted by Gasteiger charge is -2.21. The van der Waals surface area contributed by atoms with Crippen LogP contribution in [0.5, 0.6) is 0 Å². The van der Waals surface area contributed by atoms with Crippen LogP contribution in [0.4, 0.5) is 5.69 Å². The van der Waals surface area contributed by atoms with E-state index in [1.807, 2.05) is 6.07 Å². The Bertz CT molecular complexity index is 475. The van der Waals surface area contributed by atoms with Crippen molar-refractivity contribution in [2.24, 2.45) is 17.8 Å². The highest BCUT2D eigenvalue weighted by atomic mass is 16.6. The zero-order valence-electron chi connectivity index (χ0n) is 11.0. The Morgan fingerprint density at radius 1 is 1.32 bits per heavy atom. The molecule has 102 valence electrons. The van der Waals surface area contributed by atoms with Crippen molar-refractivity contribution in [1.29, 1.82) is 0 Å². The third kappa shape index (κ3) is 2.78. The van der Waals surface area contributed by atoms with E-state index in [0.29, 0.717) is 0 Å². The lowest BCUT2D eigenvalue weighted by atomic mass is 9.89. The van der Waals surface area contributed by atoms with Gasteiger partial charge in [-0.05, 0) is 49.1 Å². The van der Waals surface area contributed by atoms with E-state index in [0.717, 1.165) is 36.4 Å². The Kier molecular flexibility index (Phi) is 3.51. The SMILES string of the molecule is O=[N+]([O-])c1cccc(CNCC2CC3CCC2C3)c1. The molecule has 1 aromatic carbocycles. The molecule has 0 amide bonds. The quantitative estimate of drug-likeness (QED) is 0.653. The molecule has 2 bridgehead atoms. The minimum absolute atomic E-state index is 0.180. The van der Waals surface area contributed by atoms with Crippen molar-refractivity contribution in [3.05, 3.63) is 39.9 Å². The first-order chi connectivity index (χ1) is 9.22. The van der Waals surface area contributed by atoms with Gasteiger partial charge in [-0.25, -0.2) is 0 Å². The Morgan fingerprint density at radius 3 is 2.89 bits per heavy atom. The number of hydrogen-bond acceptors (Lipinski definition) is 3. The van der Waals surface area contributed by atoms with Gasteiger partial charge in [0, 0.05) is 18.7 Å². The first-order valence-electron chi connectivity index (χ1n) is 7.16. The molecule has 1 N–H and O–H groups in total. The highest BCUT2D eigenvalue weighted by Crippen LogP contribution is 2.47. The van der Waals surface area contributed by atoms with Gasteiger partial charge in [0.1, 0.15) is 0 Å². The van der Waals surface area contributed by atoms with Crippen molar-refractivity contribution < 1.29 is 4.92 Å². The Labute approximate surface area is 113 Å². The fourth-order valence-corrected chi connectivity index (χ4v) is 3.81. The number of hydrogen-bond donors (Lipinski definition) is 1. The Balaban J connectivity index is 1.50. The van der Waals surface area contributed by atoms with Crippen molar-refractivity contribution in [3.8, 4) is 0 Å². The second-order valence-electron chi connectivity index (χ2n) is 5.99. The third-order valence-corrected chi connectivity index (χ3v) is 4.74. The van der Waals surface area contributed by atoms with Crippen LogP contribution in [0.25, 0.3) is 0 Å². The van der Waals surface area contributed by atoms with Crippen molar-refractivity contribution in [3.63, 3.8) is 0 Å². The van der Waals surface area contributed by atoms with Gasteiger partial charge < -0.3 is 5.32 Å². The van der Waals surface area contributed by atoms with Crippen LogP contribution in [-0.2, 0) is 6.54 Å². The van der Waals surface area contributed by atoms with Gasteiger partial charge in [-0.15, -0.1) is 0 Å². The monoisotopic (exact) mass is 260 g/mol. The number of non-ortho nitro benzene ring substituents is 1. The van der Waals surface area contributed by atoms with E-state index in [2.05, 4.69) is 5.32 Å². The zero-order chi connectivity index (χ0) is 13.2. The summed E-state index contributed by atoms with van der Waals surface area (Å²) in [5.74, 6) is 2.75. The van der Waals surface area contributed by atoms with E-state index >= 15 is 0 Å². The summed E-state index contributed by atoms with van der Waals surface area (Å²) in [4.78, 5) is 10.4. The number of rotatable bonds is 5. The van der Waals surface area contributed by atoms with Crippen LogP contribution in [0.3, 0.4) is 0 Å². The Hall–Kier alpha value is -1.42. The molecule has 3 atom stereocenters. The number of nitrogens with one attached hydrogen (secondary N) is 1. The normalized spacial score (nSPS) is 28.7. The summed E-state index contributed by atoms with van der Waals surface area (Å²) in [6.45, 7) is 1.79. The van der Waals surface area contributed by atoms with Gasteiger partial charge in [-0.2, -0.15) is 0 Å². The standard InChI is InChI=1S/C15H20N2O2/c18-17(19)15-3-1-2-12(8-15)9-16-10-14-7-11-4-5-13(14)6-11/h1-3,8,11,13-14,16H,4-7,9-10H2. The molecule has 1 aromatic rings. The summed E-state index contributed by atoms with van der Waals surface area (Å²) in [5, 5.41) is 14.2. The molecule has 0 spiro atoms. The van der Waals surface area contributed by atoms with Crippen molar-refractivity contribution in [2.45, 2.75) is 32.2 Å². The summed E-state index contributed by atoms with van der Waals surface area (Å²) in [6.07, 6.45) is 5.66. The second kappa shape index (κ2) is 5.29. The highest BCUT2D eigenvalue weighted by Gasteiger charge is 2.38. The maximum Gasteiger partial charge on any atom is 0.269 e. The first-order valence-corrected chi connectivity index (χ1v) is 7.16. The smallest absolute Gasteiger partial charge is 0.269 e. The molecule has 0 aromatic heterocycles. The van der Waals surface area contributed by atoms with Gasteiger partial charge >= 0.3 is 0 Å². The molecular weight excluding hydrogens is 240 g/mol. The van der Waals surface area contributed by atoms with Gasteiger partial charge in [0.15, 0.2) is 0 Å². The fourth-order valence-electron chi connectivity index (χ4n) is 3.81. The summed E-state index contributed by atoms with van der Waals surface area (Å²) in [6, 6.07) is 6.90. The molecule has 4 nitrogen and oxygen atoms in total. The molecular formula is C15H20N2O2. The largest absolute Gasteiger partial charge is 0.312 e. The maximum absolute atomic E-state index is 10.7. The second-order valence-corrected chi connectivity index (χ2v) is 5.99. The number of nitro benzene ring substituents is 1. The van der Waals surface area contributed by atoms with Gasteiger partial charge in [-0.3, -0.25) is 10.1 Å². The molecule has 2 aliphatic rings. The third-order valence-electron chi connectivity index (χ3n) is 4.74. The van der Waals surface area contributed by atoms with E-state index in [1.165, 1.54) is 25.7 Å². The van der Waals surface area contributed by atoms with E-state index in [1.54, 1.807) is 18.2 Å². The molecule has 3 unspecified atom stereocenters. The highest BCUT2D eigenvalue weighted by molar-refractivity contribution is 5.34. The van der Waals surface area contributed by atoms with Gasteiger partial charge in [0.2, 0.25) is 0 Å². The molecule has 0 radical (unpaired) electrons. The van der Waals surface area contributed by atoms with E-state index in [9.17, 15) is 10.1 Å². The van der Waals surface area contributed by atoms with Crippen LogP contribution in [0.1, 0.15) is 31.2 Å². The van der Waals surface area contributed by atoms with Crippen molar-refractivity contribution in [2.75, 3.05) is 6.54 Å². The van der Waals surface area contributed by atoms with E-state index in [4.69, 9.17) is 0 Å². The summed E-state index contributed by atoms with van der Waals surface area (Å²) in [7, 11) is 0. The van der Waals surface area contributed by atoms with Crippen molar-refractivity contribution >= 4 is 5.69 Å². The molecule has 0 saturated heterocycles. The molecule has 2 aliphatic carbocycles. The summed E-state index contributed by atoms with van der Waals surface area (Å²) >= 11 is 0. The average Bonchev–Trinajstić information content (AvgIpc) is 3.01. The maximum atomic E-state index is 10.7. The first kappa shape index (κ1) is 12.6. The molecule has 2 fully saturated rings. The number of benzene rings is 1. The average molecular weight is 260 g/mol. The Morgan fingerprint density at radius 2 is 2.21 bits per heavy atom. The minimum atomic E-state index is -0.334. The molecule has 0 aliphatic heterocycles.